The number of hydrogen-bond donors (Lipinski definition) is 1. The molecule has 1 heterocycles. The van der Waals surface area contributed by atoms with Crippen molar-refractivity contribution < 1.29 is 14.2 Å². The normalized spacial score (nSPS) is 11.2. The number of amides is 1. The molecule has 0 unspecified atom stereocenters. The second kappa shape index (κ2) is 7.70. The highest BCUT2D eigenvalue weighted by Gasteiger charge is 2.16. The van der Waals surface area contributed by atoms with Gasteiger partial charge in [0.25, 0.3) is 5.15 Å². The lowest BCUT2D eigenvalue weighted by Crippen LogP contribution is -2.38. The van der Waals surface area contributed by atoms with Crippen molar-refractivity contribution in [2.45, 2.75) is 13.5 Å². The summed E-state index contributed by atoms with van der Waals surface area (Å²) in [7, 11) is 1.58. The number of benzene rings is 1. The average Bonchev–Trinajstić information content (AvgIpc) is 2.55. The maximum atomic E-state index is 11.8. The molecule has 1 aromatic carbocycles. The summed E-state index contributed by atoms with van der Waals surface area (Å²) < 4.78 is 1.67. The van der Waals surface area contributed by atoms with E-state index in [0.29, 0.717) is 5.15 Å². The zero-order chi connectivity index (χ0) is 16.8. The molecule has 0 radical (unpaired) electrons. The summed E-state index contributed by atoms with van der Waals surface area (Å²) in [6.45, 7) is 1.70. The number of hydrogen-bond acceptors (Lipinski definition) is 2. The molecular formula is C18H18ClN2O2+. The van der Waals surface area contributed by atoms with Crippen LogP contribution in [-0.4, -0.2) is 18.7 Å². The minimum atomic E-state index is -0.197. The molecule has 0 saturated heterocycles. The monoisotopic (exact) mass is 329 g/mol. The molecule has 4 nitrogen and oxygen atoms in total. The summed E-state index contributed by atoms with van der Waals surface area (Å²) in [4.78, 5) is 23.2. The summed E-state index contributed by atoms with van der Waals surface area (Å²) >= 11 is 6.14. The Morgan fingerprint density at radius 2 is 1.83 bits per heavy atom. The fourth-order valence-electron chi connectivity index (χ4n) is 2.20. The van der Waals surface area contributed by atoms with Gasteiger partial charge in [-0.05, 0) is 23.2 Å². The van der Waals surface area contributed by atoms with Crippen molar-refractivity contribution in [3.8, 4) is 0 Å². The van der Waals surface area contributed by atoms with Crippen LogP contribution in [0.1, 0.15) is 18.1 Å². The van der Waals surface area contributed by atoms with Gasteiger partial charge < -0.3 is 5.32 Å². The van der Waals surface area contributed by atoms with E-state index in [1.807, 2.05) is 36.4 Å². The van der Waals surface area contributed by atoms with E-state index < -0.39 is 0 Å². The molecule has 23 heavy (non-hydrogen) atoms. The number of carbonyl (C=O) groups is 2. The number of pyridine rings is 1. The summed E-state index contributed by atoms with van der Waals surface area (Å²) in [5.41, 5.74) is 2.48. The van der Waals surface area contributed by atoms with Crippen molar-refractivity contribution in [2.24, 2.45) is 0 Å². The van der Waals surface area contributed by atoms with Crippen LogP contribution in [0.25, 0.3) is 5.57 Å². The highest BCUT2D eigenvalue weighted by atomic mass is 35.5. The molecule has 1 amide bonds. The number of Topliss-reactive ketones (excluding diaryl/α,β-unsaturated/α-hetero) is 1. The van der Waals surface area contributed by atoms with Crippen LogP contribution < -0.4 is 9.88 Å². The zero-order valence-electron chi connectivity index (χ0n) is 13.0. The van der Waals surface area contributed by atoms with Crippen LogP contribution >= 0.6 is 11.6 Å². The molecule has 0 atom stereocenters. The van der Waals surface area contributed by atoms with E-state index in [9.17, 15) is 9.59 Å². The van der Waals surface area contributed by atoms with E-state index in [1.54, 1.807) is 23.9 Å². The fraction of sp³-hybridized carbons (Fsp3) is 0.167. The predicted molar refractivity (Wildman–Crippen MR) is 89.9 cm³/mol. The molecule has 0 saturated carbocycles. The van der Waals surface area contributed by atoms with Gasteiger partial charge in [0.2, 0.25) is 12.5 Å². The van der Waals surface area contributed by atoms with Crippen molar-refractivity contribution in [3.63, 3.8) is 0 Å². The Morgan fingerprint density at radius 1 is 1.13 bits per heavy atom. The van der Waals surface area contributed by atoms with Crippen LogP contribution in [0.2, 0.25) is 5.15 Å². The van der Waals surface area contributed by atoms with Crippen LogP contribution in [-0.2, 0) is 16.1 Å². The first kappa shape index (κ1) is 16.9. The van der Waals surface area contributed by atoms with E-state index in [4.69, 9.17) is 11.6 Å². The SMILES string of the molecule is CNC(=O)/C=C(\c1ccccc1)c1ccc(Cl)[n+](CC(C)=O)c1. The third-order valence-corrected chi connectivity index (χ3v) is 3.62. The lowest BCUT2D eigenvalue weighted by molar-refractivity contribution is -0.682. The number of nitrogens with zero attached hydrogens (tertiary/aromatic N) is 1. The van der Waals surface area contributed by atoms with Gasteiger partial charge >= 0.3 is 0 Å². The number of nitrogens with one attached hydrogen (secondary N) is 1. The Kier molecular flexibility index (Phi) is 5.66. The van der Waals surface area contributed by atoms with E-state index in [0.717, 1.165) is 16.7 Å². The second-order valence-corrected chi connectivity index (χ2v) is 5.50. The number of ketones is 1. The topological polar surface area (TPSA) is 50.1 Å². The van der Waals surface area contributed by atoms with Gasteiger partial charge in [-0.25, -0.2) is 0 Å². The molecule has 0 aliphatic carbocycles. The molecule has 0 bridgehead atoms. The van der Waals surface area contributed by atoms with Gasteiger partial charge in [-0.2, -0.15) is 4.57 Å². The summed E-state index contributed by atoms with van der Waals surface area (Å²) in [5, 5.41) is 3.06. The van der Waals surface area contributed by atoms with Crippen LogP contribution in [0.5, 0.6) is 0 Å². The Balaban J connectivity index is 2.54. The summed E-state index contributed by atoms with van der Waals surface area (Å²) in [5.74, 6) is -0.192. The van der Waals surface area contributed by atoms with E-state index in [1.165, 1.54) is 13.0 Å². The largest absolute Gasteiger partial charge is 0.356 e. The lowest BCUT2D eigenvalue weighted by atomic mass is 9.98. The number of likely N-dealkylation sites (N-methyl/N-ethyl adjacent to an activating group) is 1. The molecule has 0 aliphatic heterocycles. The molecule has 1 aromatic heterocycles. The van der Waals surface area contributed by atoms with Crippen LogP contribution in [0.3, 0.4) is 0 Å². The molecule has 0 fully saturated rings. The van der Waals surface area contributed by atoms with E-state index in [2.05, 4.69) is 5.32 Å². The molecular weight excluding hydrogens is 312 g/mol. The maximum Gasteiger partial charge on any atom is 0.275 e. The average molecular weight is 330 g/mol. The Hall–Kier alpha value is -2.46. The minimum Gasteiger partial charge on any atom is -0.356 e. The fourth-order valence-corrected chi connectivity index (χ4v) is 2.37. The maximum absolute atomic E-state index is 11.8. The van der Waals surface area contributed by atoms with Crippen LogP contribution in [0.15, 0.2) is 54.7 Å². The number of rotatable bonds is 5. The number of carbonyl (C=O) groups excluding carboxylic acids is 2. The van der Waals surface area contributed by atoms with Crippen molar-refractivity contribution in [1.29, 1.82) is 0 Å². The third-order valence-electron chi connectivity index (χ3n) is 3.28. The summed E-state index contributed by atoms with van der Waals surface area (Å²) in [6.07, 6.45) is 3.32. The highest BCUT2D eigenvalue weighted by molar-refractivity contribution is 6.28. The number of halogens is 1. The summed E-state index contributed by atoms with van der Waals surface area (Å²) in [6, 6.07) is 13.1. The molecule has 2 aromatic rings. The third kappa shape index (κ3) is 4.50. The first-order chi connectivity index (χ1) is 11.0. The molecule has 118 valence electrons. The van der Waals surface area contributed by atoms with Crippen molar-refractivity contribution >= 4 is 28.9 Å². The van der Waals surface area contributed by atoms with Gasteiger partial charge in [0.1, 0.15) is 0 Å². The lowest BCUT2D eigenvalue weighted by Gasteiger charge is -2.08. The Morgan fingerprint density at radius 3 is 2.43 bits per heavy atom. The predicted octanol–water partition coefficient (Wildman–Crippen LogP) is 2.39. The van der Waals surface area contributed by atoms with E-state index >= 15 is 0 Å². The van der Waals surface area contributed by atoms with Gasteiger partial charge in [0.15, 0.2) is 12.0 Å². The van der Waals surface area contributed by atoms with Crippen LogP contribution in [0, 0.1) is 0 Å². The quantitative estimate of drug-likeness (QED) is 0.520. The smallest absolute Gasteiger partial charge is 0.275 e. The van der Waals surface area contributed by atoms with Gasteiger partial charge in [0, 0.05) is 37.3 Å². The molecule has 5 heteroatoms. The standard InChI is InChI=1S/C18H17ClN2O2/c1-13(22)11-21-12-15(8-9-17(21)19)16(10-18(23)20-2)14-6-4-3-5-7-14/h3-10,12H,11H2,1-2H3/p+1/b16-10+. The second-order valence-electron chi connectivity index (χ2n) is 5.11. The molecule has 1 N–H and O–H groups in total. The van der Waals surface area contributed by atoms with Crippen molar-refractivity contribution in [2.75, 3.05) is 7.05 Å². The van der Waals surface area contributed by atoms with Gasteiger partial charge in [-0.1, -0.05) is 30.3 Å². The molecule has 0 aliphatic rings. The minimum absolute atomic E-state index is 0.00518. The molecule has 0 spiro atoms. The first-order valence-electron chi connectivity index (χ1n) is 7.19. The van der Waals surface area contributed by atoms with Crippen molar-refractivity contribution in [1.82, 2.24) is 5.32 Å². The van der Waals surface area contributed by atoms with Gasteiger partial charge in [-0.3, -0.25) is 9.59 Å². The van der Waals surface area contributed by atoms with Crippen molar-refractivity contribution in [3.05, 3.63) is 71.0 Å². The van der Waals surface area contributed by atoms with Crippen LogP contribution in [0.4, 0.5) is 0 Å². The van der Waals surface area contributed by atoms with Gasteiger partial charge in [0.05, 0.1) is 0 Å². The molecule has 2 rings (SSSR count). The van der Waals surface area contributed by atoms with E-state index in [-0.39, 0.29) is 18.2 Å². The Bertz CT molecular complexity index is 755. The van der Waals surface area contributed by atoms with Gasteiger partial charge in [-0.15, -0.1) is 0 Å². The highest BCUT2D eigenvalue weighted by Crippen LogP contribution is 2.23. The zero-order valence-corrected chi connectivity index (χ0v) is 13.8. The number of aromatic nitrogens is 1. The Labute approximate surface area is 140 Å². The first-order valence-corrected chi connectivity index (χ1v) is 7.56.